The van der Waals surface area contributed by atoms with Gasteiger partial charge in [0.15, 0.2) is 5.16 Å². The largest absolute Gasteiger partial charge is 0.376 e. The first-order valence-electron chi connectivity index (χ1n) is 11.2. The van der Waals surface area contributed by atoms with Crippen molar-refractivity contribution in [2.24, 2.45) is 0 Å². The molecular weight excluding hydrogens is 442 g/mol. The number of benzene rings is 1. The second-order valence-electron chi connectivity index (χ2n) is 8.01. The minimum Gasteiger partial charge on any atom is -0.376 e. The Morgan fingerprint density at radius 3 is 2.91 bits per heavy atom. The predicted octanol–water partition coefficient (Wildman–Crippen LogP) is 4.80. The van der Waals surface area contributed by atoms with Gasteiger partial charge in [0.25, 0.3) is 5.56 Å². The number of rotatable bonds is 8. The third-order valence-corrected chi connectivity index (χ3v) is 7.81. The van der Waals surface area contributed by atoms with Crippen LogP contribution in [0.5, 0.6) is 0 Å². The van der Waals surface area contributed by atoms with E-state index in [0.29, 0.717) is 11.7 Å². The zero-order valence-corrected chi connectivity index (χ0v) is 20.4. The van der Waals surface area contributed by atoms with Gasteiger partial charge in [-0.05, 0) is 55.9 Å². The third-order valence-electron chi connectivity index (χ3n) is 5.79. The molecule has 0 saturated carbocycles. The number of aromatic nitrogens is 2. The highest BCUT2D eigenvalue weighted by atomic mass is 32.2. The van der Waals surface area contributed by atoms with Crippen LogP contribution in [0.3, 0.4) is 0 Å². The third kappa shape index (κ3) is 4.92. The molecule has 3 heterocycles. The van der Waals surface area contributed by atoms with Crippen LogP contribution in [0.15, 0.2) is 34.2 Å². The van der Waals surface area contributed by atoms with E-state index in [0.717, 1.165) is 58.6 Å². The lowest BCUT2D eigenvalue weighted by molar-refractivity contribution is -0.113. The molecule has 0 spiro atoms. The molecule has 3 aromatic rings. The Hall–Kier alpha value is -2.16. The van der Waals surface area contributed by atoms with E-state index in [4.69, 9.17) is 9.72 Å². The number of ether oxygens (including phenoxy) is 1. The van der Waals surface area contributed by atoms with Gasteiger partial charge in [-0.3, -0.25) is 14.2 Å². The van der Waals surface area contributed by atoms with E-state index < -0.39 is 0 Å². The van der Waals surface area contributed by atoms with Crippen LogP contribution < -0.4 is 10.9 Å². The Bertz CT molecular complexity index is 1180. The highest BCUT2D eigenvalue weighted by molar-refractivity contribution is 7.99. The van der Waals surface area contributed by atoms with Gasteiger partial charge < -0.3 is 10.1 Å². The van der Waals surface area contributed by atoms with Crippen LogP contribution in [-0.4, -0.2) is 33.9 Å². The number of nitrogens with zero attached hydrogens (tertiary/aromatic N) is 2. The van der Waals surface area contributed by atoms with Gasteiger partial charge in [0.05, 0.1) is 23.8 Å². The van der Waals surface area contributed by atoms with E-state index >= 15 is 0 Å². The molecule has 1 saturated heterocycles. The van der Waals surface area contributed by atoms with Gasteiger partial charge >= 0.3 is 0 Å². The van der Waals surface area contributed by atoms with Crippen molar-refractivity contribution in [1.29, 1.82) is 0 Å². The second-order valence-corrected chi connectivity index (χ2v) is 10.2. The topological polar surface area (TPSA) is 73.2 Å². The number of carbonyl (C=O) groups is 1. The molecule has 170 valence electrons. The molecule has 4 rings (SSSR count). The zero-order chi connectivity index (χ0) is 22.7. The van der Waals surface area contributed by atoms with Crippen molar-refractivity contribution < 1.29 is 9.53 Å². The monoisotopic (exact) mass is 471 g/mol. The Labute approximate surface area is 196 Å². The number of anilines is 1. The SMILES string of the molecule is CCc1cccc(NC(=O)CSc2nc3sc(C)c(CC)c3c(=O)n2CC2CCCO2)c1. The van der Waals surface area contributed by atoms with E-state index in [1.165, 1.54) is 17.3 Å². The average molecular weight is 472 g/mol. The van der Waals surface area contributed by atoms with Crippen LogP contribution in [0.25, 0.3) is 10.2 Å². The molecule has 0 bridgehead atoms. The number of thiophene rings is 1. The Morgan fingerprint density at radius 2 is 2.19 bits per heavy atom. The highest BCUT2D eigenvalue weighted by Crippen LogP contribution is 2.30. The van der Waals surface area contributed by atoms with Crippen LogP contribution in [0.1, 0.15) is 42.7 Å². The summed E-state index contributed by atoms with van der Waals surface area (Å²) in [5.74, 6) is 0.0723. The summed E-state index contributed by atoms with van der Waals surface area (Å²) in [4.78, 5) is 32.8. The van der Waals surface area contributed by atoms with Crippen LogP contribution in [-0.2, 0) is 28.9 Å². The average Bonchev–Trinajstić information content (AvgIpc) is 3.41. The quantitative estimate of drug-likeness (QED) is 0.377. The van der Waals surface area contributed by atoms with Crippen molar-refractivity contribution in [3.05, 3.63) is 50.6 Å². The molecule has 1 atom stereocenters. The van der Waals surface area contributed by atoms with E-state index in [1.807, 2.05) is 31.2 Å². The van der Waals surface area contributed by atoms with Gasteiger partial charge in [-0.1, -0.05) is 37.7 Å². The van der Waals surface area contributed by atoms with Gasteiger partial charge in [-0.2, -0.15) is 0 Å². The molecule has 1 fully saturated rings. The molecule has 1 aliphatic rings. The number of hydrogen-bond acceptors (Lipinski definition) is 6. The molecule has 32 heavy (non-hydrogen) atoms. The Morgan fingerprint density at radius 1 is 1.34 bits per heavy atom. The summed E-state index contributed by atoms with van der Waals surface area (Å²) >= 11 is 2.86. The van der Waals surface area contributed by atoms with Gasteiger partial charge in [-0.25, -0.2) is 4.98 Å². The van der Waals surface area contributed by atoms with Crippen LogP contribution in [0.2, 0.25) is 0 Å². The smallest absolute Gasteiger partial charge is 0.263 e. The minimum absolute atomic E-state index is 0.0155. The number of fused-ring (bicyclic) bond motifs is 1. The summed E-state index contributed by atoms with van der Waals surface area (Å²) in [6.45, 7) is 7.40. The number of thioether (sulfide) groups is 1. The van der Waals surface area contributed by atoms with Gasteiger partial charge in [0.1, 0.15) is 4.83 Å². The summed E-state index contributed by atoms with van der Waals surface area (Å²) in [5.41, 5.74) is 3.02. The first-order valence-corrected chi connectivity index (χ1v) is 13.0. The van der Waals surface area contributed by atoms with E-state index in [-0.39, 0.29) is 23.3 Å². The zero-order valence-electron chi connectivity index (χ0n) is 18.8. The second kappa shape index (κ2) is 10.2. The maximum Gasteiger partial charge on any atom is 0.263 e. The Balaban J connectivity index is 1.59. The molecule has 1 aliphatic heterocycles. The van der Waals surface area contributed by atoms with Crippen LogP contribution in [0, 0.1) is 6.92 Å². The predicted molar refractivity (Wildman–Crippen MR) is 132 cm³/mol. The number of aryl methyl sites for hydroxylation is 3. The van der Waals surface area contributed by atoms with Gasteiger partial charge in [-0.15, -0.1) is 11.3 Å². The molecule has 0 aliphatic carbocycles. The summed E-state index contributed by atoms with van der Waals surface area (Å²) in [6.07, 6.45) is 3.68. The van der Waals surface area contributed by atoms with Crippen molar-refractivity contribution >= 4 is 44.9 Å². The highest BCUT2D eigenvalue weighted by Gasteiger charge is 2.23. The van der Waals surface area contributed by atoms with Crippen molar-refractivity contribution in [2.45, 2.75) is 64.3 Å². The fourth-order valence-corrected chi connectivity index (χ4v) is 6.08. The summed E-state index contributed by atoms with van der Waals surface area (Å²) in [5, 5.41) is 4.26. The van der Waals surface area contributed by atoms with Crippen molar-refractivity contribution in [3.8, 4) is 0 Å². The number of carbonyl (C=O) groups excluding carboxylic acids is 1. The van der Waals surface area contributed by atoms with Crippen LogP contribution >= 0.6 is 23.1 Å². The molecule has 1 amide bonds. The summed E-state index contributed by atoms with van der Waals surface area (Å²) in [6, 6.07) is 7.86. The standard InChI is InChI=1S/C24H29N3O3S2/c1-4-16-8-6-9-17(12-16)25-20(28)14-31-24-26-22-21(19(5-2)15(3)32-22)23(29)27(24)13-18-10-7-11-30-18/h6,8-9,12,18H,4-5,7,10-11,13-14H2,1-3H3,(H,25,28). The van der Waals surface area contributed by atoms with Crippen molar-refractivity contribution in [2.75, 3.05) is 17.7 Å². The normalized spacial score (nSPS) is 16.0. The number of nitrogens with one attached hydrogen (secondary N) is 1. The van der Waals surface area contributed by atoms with Gasteiger partial charge in [0, 0.05) is 17.2 Å². The fraction of sp³-hybridized carbons (Fsp3) is 0.458. The maximum absolute atomic E-state index is 13.5. The summed E-state index contributed by atoms with van der Waals surface area (Å²) < 4.78 is 7.52. The van der Waals surface area contributed by atoms with Crippen LogP contribution in [0.4, 0.5) is 5.69 Å². The first-order chi connectivity index (χ1) is 15.5. The van der Waals surface area contributed by atoms with E-state index in [2.05, 4.69) is 19.2 Å². The van der Waals surface area contributed by atoms with Crippen molar-refractivity contribution in [1.82, 2.24) is 9.55 Å². The molecule has 2 aromatic heterocycles. The summed E-state index contributed by atoms with van der Waals surface area (Å²) in [7, 11) is 0. The van der Waals surface area contributed by atoms with Crippen molar-refractivity contribution in [3.63, 3.8) is 0 Å². The Kier molecular flexibility index (Phi) is 7.33. The molecule has 0 radical (unpaired) electrons. The number of amides is 1. The molecule has 1 N–H and O–H groups in total. The molecule has 1 unspecified atom stereocenters. The lowest BCUT2D eigenvalue weighted by Crippen LogP contribution is -2.29. The number of hydrogen-bond donors (Lipinski definition) is 1. The molecule has 6 nitrogen and oxygen atoms in total. The molecule has 1 aromatic carbocycles. The van der Waals surface area contributed by atoms with Gasteiger partial charge in [0.2, 0.25) is 5.91 Å². The van der Waals surface area contributed by atoms with E-state index in [9.17, 15) is 9.59 Å². The molecular formula is C24H29N3O3S2. The maximum atomic E-state index is 13.5. The lowest BCUT2D eigenvalue weighted by atomic mass is 10.1. The lowest BCUT2D eigenvalue weighted by Gasteiger charge is -2.16. The fourth-order valence-electron chi connectivity index (χ4n) is 4.12. The minimum atomic E-state index is -0.113. The molecule has 8 heteroatoms. The first kappa shape index (κ1) is 23.0. The van der Waals surface area contributed by atoms with E-state index in [1.54, 1.807) is 15.9 Å².